The number of hydrogen-bond acceptors (Lipinski definition) is 3. The number of H-pyrrole nitrogens is 1. The number of carbonyl (C=O) groups excluding carboxylic acids is 2. The Balaban J connectivity index is 1.81. The van der Waals surface area contributed by atoms with Gasteiger partial charge >= 0.3 is 5.97 Å². The number of hydrogen-bond donors (Lipinski definition) is 1. The molecule has 1 N–H and O–H groups in total. The first-order valence-corrected chi connectivity index (χ1v) is 9.93. The Morgan fingerprint density at radius 1 is 1.21 bits per heavy atom. The predicted molar refractivity (Wildman–Crippen MR) is 114 cm³/mol. The zero-order chi connectivity index (χ0) is 20.5. The first-order chi connectivity index (χ1) is 14.0. The van der Waals surface area contributed by atoms with Gasteiger partial charge in [-0.1, -0.05) is 35.9 Å². The number of carbonyl (C=O) groups is 2. The number of rotatable bonds is 3. The second kappa shape index (κ2) is 7.76. The van der Waals surface area contributed by atoms with E-state index in [4.69, 9.17) is 16.3 Å². The summed E-state index contributed by atoms with van der Waals surface area (Å²) in [6.45, 7) is 4.34. The smallest absolute Gasteiger partial charge is 0.341 e. The quantitative estimate of drug-likeness (QED) is 0.637. The summed E-state index contributed by atoms with van der Waals surface area (Å²) in [5.41, 5.74) is 4.38. The molecule has 5 nitrogen and oxygen atoms in total. The Labute approximate surface area is 173 Å². The summed E-state index contributed by atoms with van der Waals surface area (Å²) < 4.78 is 5.28. The van der Waals surface area contributed by atoms with Crippen molar-refractivity contribution in [1.82, 2.24) is 9.88 Å². The number of para-hydroxylation sites is 1. The van der Waals surface area contributed by atoms with Crippen molar-refractivity contribution in [2.45, 2.75) is 20.3 Å². The molecule has 2 heterocycles. The van der Waals surface area contributed by atoms with Crippen LogP contribution in [0.2, 0.25) is 5.02 Å². The summed E-state index contributed by atoms with van der Waals surface area (Å²) in [6.07, 6.45) is 2.21. The molecule has 3 aromatic rings. The lowest BCUT2D eigenvalue weighted by Crippen LogP contribution is -2.28. The van der Waals surface area contributed by atoms with E-state index in [9.17, 15) is 9.59 Å². The standard InChI is InChI=1S/C23H21ClN2O3/c1-3-29-23(28)19-13-26(22(27)18-12-15(24)9-8-14(18)2)11-10-17-16-6-4-5-7-20(16)25-21(17)19/h4-9,12-13,25H,3,10-11H2,1-2H3. The van der Waals surface area contributed by atoms with Gasteiger partial charge in [0.1, 0.15) is 0 Å². The highest BCUT2D eigenvalue weighted by Gasteiger charge is 2.28. The van der Waals surface area contributed by atoms with E-state index in [1.54, 1.807) is 30.2 Å². The maximum Gasteiger partial charge on any atom is 0.341 e. The van der Waals surface area contributed by atoms with Crippen LogP contribution in [0.1, 0.15) is 34.1 Å². The molecule has 6 heteroatoms. The Kier molecular flexibility index (Phi) is 5.16. The van der Waals surface area contributed by atoms with Crippen molar-refractivity contribution in [1.29, 1.82) is 0 Å². The van der Waals surface area contributed by atoms with Crippen LogP contribution in [0.4, 0.5) is 0 Å². The van der Waals surface area contributed by atoms with Crippen molar-refractivity contribution in [3.63, 3.8) is 0 Å². The Morgan fingerprint density at radius 2 is 2.00 bits per heavy atom. The fraction of sp³-hybridized carbons (Fsp3) is 0.217. The highest BCUT2D eigenvalue weighted by Crippen LogP contribution is 2.32. The minimum absolute atomic E-state index is 0.193. The molecule has 0 fully saturated rings. The Hall–Kier alpha value is -3.05. The van der Waals surface area contributed by atoms with Crippen LogP contribution in [-0.2, 0) is 16.0 Å². The minimum Gasteiger partial charge on any atom is -0.462 e. The molecule has 148 valence electrons. The molecule has 0 atom stereocenters. The summed E-state index contributed by atoms with van der Waals surface area (Å²) in [5.74, 6) is -0.649. The highest BCUT2D eigenvalue weighted by atomic mass is 35.5. The number of ether oxygens (including phenoxy) is 1. The summed E-state index contributed by atoms with van der Waals surface area (Å²) >= 11 is 6.11. The zero-order valence-electron chi connectivity index (χ0n) is 16.3. The third-order valence-corrected chi connectivity index (χ3v) is 5.39. The number of halogens is 1. The van der Waals surface area contributed by atoms with Gasteiger partial charge in [-0.15, -0.1) is 0 Å². The number of aromatic amines is 1. The molecule has 0 radical (unpaired) electrons. The third kappa shape index (κ3) is 3.54. The molecule has 1 aliphatic heterocycles. The lowest BCUT2D eigenvalue weighted by molar-refractivity contribution is -0.136. The van der Waals surface area contributed by atoms with Crippen LogP contribution in [0.15, 0.2) is 48.7 Å². The molecule has 2 aromatic carbocycles. The number of esters is 1. The molecule has 1 aliphatic rings. The normalized spacial score (nSPS) is 13.6. The maximum absolute atomic E-state index is 13.2. The van der Waals surface area contributed by atoms with Crippen molar-refractivity contribution in [3.05, 3.63) is 76.1 Å². The SMILES string of the molecule is CCOC(=O)C1=CN(C(=O)c2cc(Cl)ccc2C)CCc2c1[nH]c1ccccc21. The molecular weight excluding hydrogens is 388 g/mol. The summed E-state index contributed by atoms with van der Waals surface area (Å²) in [4.78, 5) is 30.9. The fourth-order valence-electron chi connectivity index (χ4n) is 3.71. The van der Waals surface area contributed by atoms with Gasteiger partial charge in [0.25, 0.3) is 5.91 Å². The molecule has 4 rings (SSSR count). The van der Waals surface area contributed by atoms with Gasteiger partial charge in [0.2, 0.25) is 0 Å². The molecule has 1 aromatic heterocycles. The largest absolute Gasteiger partial charge is 0.462 e. The molecule has 0 spiro atoms. The van der Waals surface area contributed by atoms with E-state index in [1.807, 2.05) is 37.3 Å². The minimum atomic E-state index is -0.456. The molecule has 0 aliphatic carbocycles. The van der Waals surface area contributed by atoms with Gasteiger partial charge in [0.05, 0.1) is 17.9 Å². The van der Waals surface area contributed by atoms with Crippen LogP contribution >= 0.6 is 11.6 Å². The molecule has 0 unspecified atom stereocenters. The van der Waals surface area contributed by atoms with Gasteiger partial charge in [-0.05, 0) is 49.6 Å². The van der Waals surface area contributed by atoms with Crippen molar-refractivity contribution in [2.24, 2.45) is 0 Å². The summed E-state index contributed by atoms with van der Waals surface area (Å²) in [7, 11) is 0. The zero-order valence-corrected chi connectivity index (χ0v) is 17.0. The van der Waals surface area contributed by atoms with E-state index in [0.29, 0.717) is 34.8 Å². The van der Waals surface area contributed by atoms with Gasteiger partial charge in [-0.2, -0.15) is 0 Å². The van der Waals surface area contributed by atoms with Gasteiger partial charge < -0.3 is 14.6 Å². The van der Waals surface area contributed by atoms with Crippen LogP contribution in [0.3, 0.4) is 0 Å². The van der Waals surface area contributed by atoms with Gasteiger partial charge in [0, 0.05) is 34.2 Å². The topological polar surface area (TPSA) is 62.4 Å². The lowest BCUT2D eigenvalue weighted by Gasteiger charge is -2.19. The first-order valence-electron chi connectivity index (χ1n) is 9.55. The van der Waals surface area contributed by atoms with Gasteiger partial charge in [-0.3, -0.25) is 4.79 Å². The first kappa shape index (κ1) is 19.3. The number of aryl methyl sites for hydroxylation is 1. The molecule has 0 saturated heterocycles. The van der Waals surface area contributed by atoms with E-state index in [1.165, 1.54) is 0 Å². The fourth-order valence-corrected chi connectivity index (χ4v) is 3.88. The molecule has 29 heavy (non-hydrogen) atoms. The van der Waals surface area contributed by atoms with Crippen LogP contribution in [-0.4, -0.2) is 34.9 Å². The van der Waals surface area contributed by atoms with E-state index < -0.39 is 5.97 Å². The second-order valence-electron chi connectivity index (χ2n) is 7.00. The number of benzene rings is 2. The highest BCUT2D eigenvalue weighted by molar-refractivity contribution is 6.31. The predicted octanol–water partition coefficient (Wildman–Crippen LogP) is 4.73. The molecule has 1 amide bonds. The average molecular weight is 409 g/mol. The van der Waals surface area contributed by atoms with Crippen LogP contribution < -0.4 is 0 Å². The van der Waals surface area contributed by atoms with E-state index >= 15 is 0 Å². The second-order valence-corrected chi connectivity index (χ2v) is 7.43. The van der Waals surface area contributed by atoms with Crippen LogP contribution in [0.5, 0.6) is 0 Å². The summed E-state index contributed by atoms with van der Waals surface area (Å²) in [6, 6.07) is 13.1. The Morgan fingerprint density at radius 3 is 2.79 bits per heavy atom. The Bertz CT molecular complexity index is 1150. The van der Waals surface area contributed by atoms with Crippen molar-refractivity contribution in [3.8, 4) is 0 Å². The molecule has 0 saturated carbocycles. The van der Waals surface area contributed by atoms with E-state index in [2.05, 4.69) is 4.98 Å². The van der Waals surface area contributed by atoms with Crippen LogP contribution in [0.25, 0.3) is 16.5 Å². The monoisotopic (exact) mass is 408 g/mol. The third-order valence-electron chi connectivity index (χ3n) is 5.16. The molecular formula is C23H21ClN2O3. The van der Waals surface area contributed by atoms with Gasteiger partial charge in [-0.25, -0.2) is 4.79 Å². The van der Waals surface area contributed by atoms with Crippen molar-refractivity contribution in [2.75, 3.05) is 13.2 Å². The van der Waals surface area contributed by atoms with Crippen LogP contribution in [0, 0.1) is 6.92 Å². The summed E-state index contributed by atoms with van der Waals surface area (Å²) in [5, 5.41) is 1.55. The van der Waals surface area contributed by atoms with E-state index in [0.717, 1.165) is 22.0 Å². The number of fused-ring (bicyclic) bond motifs is 3. The van der Waals surface area contributed by atoms with Gasteiger partial charge in [0.15, 0.2) is 0 Å². The van der Waals surface area contributed by atoms with Crippen molar-refractivity contribution >= 4 is 40.0 Å². The number of aromatic nitrogens is 1. The van der Waals surface area contributed by atoms with E-state index in [-0.39, 0.29) is 12.5 Å². The lowest BCUT2D eigenvalue weighted by atomic mass is 10.0. The number of amides is 1. The van der Waals surface area contributed by atoms with Crippen molar-refractivity contribution < 1.29 is 14.3 Å². The molecule has 0 bridgehead atoms. The number of nitrogens with one attached hydrogen (secondary N) is 1. The maximum atomic E-state index is 13.2. The average Bonchev–Trinajstić information content (AvgIpc) is 2.97. The number of nitrogens with zero attached hydrogens (tertiary/aromatic N) is 1.